The first-order chi connectivity index (χ1) is 11.3. The highest BCUT2D eigenvalue weighted by molar-refractivity contribution is 7.98. The van der Waals surface area contributed by atoms with Gasteiger partial charge in [0.05, 0.1) is 5.56 Å². The van der Waals surface area contributed by atoms with Crippen molar-refractivity contribution in [3.8, 4) is 0 Å². The van der Waals surface area contributed by atoms with Crippen molar-refractivity contribution in [2.24, 2.45) is 0 Å². The van der Waals surface area contributed by atoms with Gasteiger partial charge in [-0.2, -0.15) is 13.2 Å². The van der Waals surface area contributed by atoms with Crippen LogP contribution in [0.25, 0.3) is 0 Å². The number of amides is 2. The van der Waals surface area contributed by atoms with Gasteiger partial charge in [0, 0.05) is 16.3 Å². The van der Waals surface area contributed by atoms with Crippen molar-refractivity contribution in [3.05, 3.63) is 54.1 Å². The Kier molecular flexibility index (Phi) is 5.50. The lowest BCUT2D eigenvalue weighted by Crippen LogP contribution is -2.29. The van der Waals surface area contributed by atoms with E-state index in [-0.39, 0.29) is 5.69 Å². The van der Waals surface area contributed by atoms with Gasteiger partial charge in [0.2, 0.25) is 0 Å². The molecule has 0 saturated heterocycles. The largest absolute Gasteiger partial charge is 0.416 e. The molecule has 0 bridgehead atoms. The topological polar surface area (TPSA) is 58.2 Å². The second-order valence-corrected chi connectivity index (χ2v) is 5.60. The molecule has 2 aromatic carbocycles. The molecule has 2 rings (SSSR count). The SMILES string of the molecule is CSc1cccc(NC(=O)C(=O)Nc2cccc(C(F)(F)F)c2)c1. The maximum atomic E-state index is 12.6. The number of anilines is 2. The van der Waals surface area contributed by atoms with E-state index in [0.717, 1.165) is 23.1 Å². The molecule has 0 aliphatic heterocycles. The fourth-order valence-electron chi connectivity index (χ4n) is 1.85. The standard InChI is InChI=1S/C16H13F3N2O2S/c1-24-13-7-3-6-12(9-13)21-15(23)14(22)20-11-5-2-4-10(8-11)16(17,18)19/h2-9H,1H3,(H,20,22)(H,21,23). The molecule has 2 aromatic rings. The molecule has 0 radical (unpaired) electrons. The number of hydrogen-bond acceptors (Lipinski definition) is 3. The van der Waals surface area contributed by atoms with Gasteiger partial charge < -0.3 is 10.6 Å². The molecular weight excluding hydrogens is 341 g/mol. The average molecular weight is 354 g/mol. The van der Waals surface area contributed by atoms with Crippen LogP contribution in [0.5, 0.6) is 0 Å². The Morgan fingerprint density at radius 3 is 2.00 bits per heavy atom. The van der Waals surface area contributed by atoms with Gasteiger partial charge >= 0.3 is 18.0 Å². The van der Waals surface area contributed by atoms with E-state index >= 15 is 0 Å². The zero-order valence-corrected chi connectivity index (χ0v) is 13.3. The van der Waals surface area contributed by atoms with Crippen LogP contribution < -0.4 is 10.6 Å². The molecule has 4 nitrogen and oxygen atoms in total. The average Bonchev–Trinajstić information content (AvgIpc) is 2.54. The summed E-state index contributed by atoms with van der Waals surface area (Å²) in [6.07, 6.45) is -2.66. The van der Waals surface area contributed by atoms with Crippen molar-refractivity contribution in [3.63, 3.8) is 0 Å². The summed E-state index contributed by atoms with van der Waals surface area (Å²) in [5, 5.41) is 4.54. The van der Waals surface area contributed by atoms with Crippen LogP contribution in [-0.2, 0) is 15.8 Å². The summed E-state index contributed by atoms with van der Waals surface area (Å²) in [6.45, 7) is 0. The van der Waals surface area contributed by atoms with E-state index in [9.17, 15) is 22.8 Å². The third-order valence-electron chi connectivity index (χ3n) is 2.98. The molecule has 0 aromatic heterocycles. The Labute approximate surface area is 140 Å². The molecule has 0 atom stereocenters. The lowest BCUT2D eigenvalue weighted by atomic mass is 10.2. The minimum Gasteiger partial charge on any atom is -0.318 e. The minimum atomic E-state index is -4.53. The van der Waals surface area contributed by atoms with Crippen LogP contribution in [0.1, 0.15) is 5.56 Å². The normalized spacial score (nSPS) is 11.0. The molecule has 2 amide bonds. The van der Waals surface area contributed by atoms with Gasteiger partial charge in [-0.1, -0.05) is 12.1 Å². The van der Waals surface area contributed by atoms with Crippen LogP contribution in [-0.4, -0.2) is 18.1 Å². The van der Waals surface area contributed by atoms with Crippen LogP contribution in [0.15, 0.2) is 53.4 Å². The molecule has 0 spiro atoms. The lowest BCUT2D eigenvalue weighted by Gasteiger charge is -2.10. The van der Waals surface area contributed by atoms with E-state index in [1.54, 1.807) is 18.2 Å². The minimum absolute atomic E-state index is 0.108. The highest BCUT2D eigenvalue weighted by atomic mass is 32.2. The van der Waals surface area contributed by atoms with E-state index in [2.05, 4.69) is 10.6 Å². The Morgan fingerprint density at radius 1 is 0.917 bits per heavy atom. The third-order valence-corrected chi connectivity index (χ3v) is 3.71. The summed E-state index contributed by atoms with van der Waals surface area (Å²) in [4.78, 5) is 24.6. The van der Waals surface area contributed by atoms with Gasteiger partial charge in [0.15, 0.2) is 0 Å². The van der Waals surface area contributed by atoms with Crippen molar-refractivity contribution in [2.45, 2.75) is 11.1 Å². The Balaban J connectivity index is 2.05. The number of halogens is 3. The van der Waals surface area contributed by atoms with Gasteiger partial charge in [-0.05, 0) is 42.7 Å². The second kappa shape index (κ2) is 7.39. The number of hydrogen-bond donors (Lipinski definition) is 2. The van der Waals surface area contributed by atoms with Gasteiger partial charge in [0.1, 0.15) is 0 Å². The first kappa shape index (κ1) is 17.9. The molecule has 0 aliphatic rings. The molecule has 0 saturated carbocycles. The fourth-order valence-corrected chi connectivity index (χ4v) is 2.31. The first-order valence-corrected chi connectivity index (χ1v) is 7.96. The van der Waals surface area contributed by atoms with E-state index in [4.69, 9.17) is 0 Å². The van der Waals surface area contributed by atoms with Gasteiger partial charge in [-0.25, -0.2) is 0 Å². The van der Waals surface area contributed by atoms with Crippen LogP contribution >= 0.6 is 11.8 Å². The fraction of sp³-hybridized carbons (Fsp3) is 0.125. The molecule has 24 heavy (non-hydrogen) atoms. The quantitative estimate of drug-likeness (QED) is 0.647. The third kappa shape index (κ3) is 4.76. The molecule has 126 valence electrons. The first-order valence-electron chi connectivity index (χ1n) is 6.73. The predicted molar refractivity (Wildman–Crippen MR) is 86.9 cm³/mol. The molecule has 0 heterocycles. The number of rotatable bonds is 3. The van der Waals surface area contributed by atoms with E-state index in [1.807, 2.05) is 12.3 Å². The number of carbonyl (C=O) groups is 2. The zero-order chi connectivity index (χ0) is 17.7. The van der Waals surface area contributed by atoms with Crippen molar-refractivity contribution < 1.29 is 22.8 Å². The van der Waals surface area contributed by atoms with Crippen molar-refractivity contribution in [1.29, 1.82) is 0 Å². The van der Waals surface area contributed by atoms with E-state index in [0.29, 0.717) is 5.69 Å². The summed E-state index contributed by atoms with van der Waals surface area (Å²) in [5.74, 6) is -2.02. The van der Waals surface area contributed by atoms with Crippen molar-refractivity contribution in [1.82, 2.24) is 0 Å². The van der Waals surface area contributed by atoms with Crippen LogP contribution in [0.3, 0.4) is 0 Å². The van der Waals surface area contributed by atoms with Crippen molar-refractivity contribution in [2.75, 3.05) is 16.9 Å². The molecule has 0 aliphatic carbocycles. The summed E-state index contributed by atoms with van der Waals surface area (Å²) >= 11 is 1.47. The van der Waals surface area contributed by atoms with Gasteiger partial charge in [-0.3, -0.25) is 9.59 Å². The van der Waals surface area contributed by atoms with Crippen LogP contribution in [0.2, 0.25) is 0 Å². The van der Waals surface area contributed by atoms with Crippen molar-refractivity contribution >= 4 is 35.0 Å². The Bertz CT molecular complexity index is 763. The van der Waals surface area contributed by atoms with Gasteiger partial charge in [0.25, 0.3) is 0 Å². The molecular formula is C16H13F3N2O2S. The molecule has 8 heteroatoms. The highest BCUT2D eigenvalue weighted by Gasteiger charge is 2.30. The maximum Gasteiger partial charge on any atom is 0.416 e. The number of carbonyl (C=O) groups excluding carboxylic acids is 2. The lowest BCUT2D eigenvalue weighted by molar-refractivity contribution is -0.137. The predicted octanol–water partition coefficient (Wildman–Crippen LogP) is 4.00. The van der Waals surface area contributed by atoms with Gasteiger partial charge in [-0.15, -0.1) is 11.8 Å². The number of alkyl halides is 3. The van der Waals surface area contributed by atoms with E-state index < -0.39 is 23.6 Å². The summed E-state index contributed by atoms with van der Waals surface area (Å²) in [7, 11) is 0. The number of benzene rings is 2. The smallest absolute Gasteiger partial charge is 0.318 e. The monoisotopic (exact) mass is 354 g/mol. The number of nitrogens with one attached hydrogen (secondary N) is 2. The molecule has 0 unspecified atom stereocenters. The van der Waals surface area contributed by atoms with Crippen LogP contribution in [0, 0.1) is 0 Å². The second-order valence-electron chi connectivity index (χ2n) is 4.72. The summed E-state index contributed by atoms with van der Waals surface area (Å²) < 4.78 is 37.9. The molecule has 2 N–H and O–H groups in total. The summed E-state index contributed by atoms with van der Waals surface area (Å²) in [6, 6.07) is 10.9. The summed E-state index contributed by atoms with van der Waals surface area (Å²) in [5.41, 5.74) is -0.595. The Morgan fingerprint density at radius 2 is 1.46 bits per heavy atom. The Hall–Kier alpha value is -2.48. The number of thioether (sulfide) groups is 1. The van der Waals surface area contributed by atoms with E-state index in [1.165, 1.54) is 17.8 Å². The highest BCUT2D eigenvalue weighted by Crippen LogP contribution is 2.30. The zero-order valence-electron chi connectivity index (χ0n) is 12.5. The molecule has 0 fully saturated rings. The maximum absolute atomic E-state index is 12.6. The van der Waals surface area contributed by atoms with Crippen LogP contribution in [0.4, 0.5) is 24.5 Å².